The summed E-state index contributed by atoms with van der Waals surface area (Å²) in [6, 6.07) is 2.83. The highest BCUT2D eigenvalue weighted by molar-refractivity contribution is 9.11. The van der Waals surface area contributed by atoms with Gasteiger partial charge in [0.1, 0.15) is 5.75 Å². The quantitative estimate of drug-likeness (QED) is 0.558. The molecule has 1 aromatic rings. The van der Waals surface area contributed by atoms with Crippen LogP contribution in [0.4, 0.5) is 10.5 Å². The first-order valence-electron chi connectivity index (χ1n) is 5.84. The van der Waals surface area contributed by atoms with Crippen molar-refractivity contribution in [1.29, 1.82) is 0 Å². The molecule has 0 saturated carbocycles. The van der Waals surface area contributed by atoms with Crippen LogP contribution in [0.15, 0.2) is 21.1 Å². The Morgan fingerprint density at radius 2 is 2.00 bits per heavy atom. The molecular formula is C12H14Br2N2O5. The number of rotatable bonds is 6. The first-order valence-corrected chi connectivity index (χ1v) is 7.42. The summed E-state index contributed by atoms with van der Waals surface area (Å²) in [6.07, 6.45) is -1.57. The molecule has 1 aromatic carbocycles. The third kappa shape index (κ3) is 5.52. The summed E-state index contributed by atoms with van der Waals surface area (Å²) in [5.41, 5.74) is 0.492. The Hall–Kier alpha value is -1.32. The Bertz CT molecular complexity index is 539. The molecule has 0 spiro atoms. The zero-order valence-corrected chi connectivity index (χ0v) is 14.2. The summed E-state index contributed by atoms with van der Waals surface area (Å²) in [7, 11) is 1.51. The van der Waals surface area contributed by atoms with Gasteiger partial charge in [0.2, 0.25) is 0 Å². The SMILES string of the molecule is COc1cc(NC(=O)NCC[C@H](O)C(=O)O)c(Br)cc1Br. The van der Waals surface area contributed by atoms with Gasteiger partial charge in [-0.15, -0.1) is 0 Å². The van der Waals surface area contributed by atoms with E-state index in [1.807, 2.05) is 0 Å². The molecule has 0 radical (unpaired) electrons. The molecule has 0 aliphatic carbocycles. The molecule has 1 atom stereocenters. The number of carbonyl (C=O) groups is 2. The van der Waals surface area contributed by atoms with E-state index in [1.54, 1.807) is 12.1 Å². The molecule has 0 aromatic heterocycles. The Labute approximate surface area is 137 Å². The van der Waals surface area contributed by atoms with Gasteiger partial charge in [-0.1, -0.05) is 0 Å². The maximum absolute atomic E-state index is 11.7. The van der Waals surface area contributed by atoms with E-state index in [2.05, 4.69) is 42.5 Å². The van der Waals surface area contributed by atoms with Crippen LogP contribution in [0.5, 0.6) is 5.75 Å². The number of urea groups is 1. The number of anilines is 1. The summed E-state index contributed by atoms with van der Waals surface area (Å²) in [6.45, 7) is 0.0323. The molecular weight excluding hydrogens is 412 g/mol. The van der Waals surface area contributed by atoms with Gasteiger partial charge in [-0.25, -0.2) is 9.59 Å². The van der Waals surface area contributed by atoms with Crippen molar-refractivity contribution < 1.29 is 24.5 Å². The molecule has 7 nitrogen and oxygen atoms in total. The van der Waals surface area contributed by atoms with Crippen LogP contribution in [0.25, 0.3) is 0 Å². The molecule has 4 N–H and O–H groups in total. The summed E-state index contributed by atoms with van der Waals surface area (Å²) >= 11 is 6.62. The van der Waals surface area contributed by atoms with Crippen molar-refractivity contribution in [3.63, 3.8) is 0 Å². The smallest absolute Gasteiger partial charge is 0.332 e. The average Bonchev–Trinajstić information content (AvgIpc) is 2.41. The zero-order valence-electron chi connectivity index (χ0n) is 11.0. The summed E-state index contributed by atoms with van der Waals surface area (Å²) in [4.78, 5) is 22.1. The minimum Gasteiger partial charge on any atom is -0.495 e. The molecule has 0 fully saturated rings. The normalized spacial score (nSPS) is 11.6. The number of carbonyl (C=O) groups excluding carboxylic acids is 1. The van der Waals surface area contributed by atoms with E-state index in [0.717, 1.165) is 4.47 Å². The van der Waals surface area contributed by atoms with Crippen molar-refractivity contribution in [3.8, 4) is 5.75 Å². The number of hydrogen-bond acceptors (Lipinski definition) is 4. The zero-order chi connectivity index (χ0) is 16.0. The van der Waals surface area contributed by atoms with Gasteiger partial charge in [0.25, 0.3) is 0 Å². The van der Waals surface area contributed by atoms with E-state index in [4.69, 9.17) is 14.9 Å². The molecule has 9 heteroatoms. The van der Waals surface area contributed by atoms with E-state index in [0.29, 0.717) is 15.9 Å². The predicted molar refractivity (Wildman–Crippen MR) is 83.7 cm³/mol. The average molecular weight is 426 g/mol. The summed E-state index contributed by atoms with van der Waals surface area (Å²) in [5, 5.41) is 22.6. The van der Waals surface area contributed by atoms with E-state index >= 15 is 0 Å². The van der Waals surface area contributed by atoms with Crippen LogP contribution in [0.3, 0.4) is 0 Å². The number of benzene rings is 1. The molecule has 0 aliphatic heterocycles. The van der Waals surface area contributed by atoms with Crippen LogP contribution in [0.2, 0.25) is 0 Å². The highest BCUT2D eigenvalue weighted by atomic mass is 79.9. The molecule has 0 aliphatic rings. The van der Waals surface area contributed by atoms with Crippen molar-refractivity contribution >= 4 is 49.5 Å². The van der Waals surface area contributed by atoms with Crippen LogP contribution in [0.1, 0.15) is 6.42 Å². The minimum absolute atomic E-state index is 0.0323. The second kappa shape index (κ2) is 8.20. The maximum Gasteiger partial charge on any atom is 0.332 e. The molecule has 0 heterocycles. The fourth-order valence-electron chi connectivity index (χ4n) is 1.39. The first-order chi connectivity index (χ1) is 9.85. The Kier molecular flexibility index (Phi) is 6.93. The number of ether oxygens (including phenoxy) is 1. The van der Waals surface area contributed by atoms with Crippen LogP contribution in [0, 0.1) is 0 Å². The van der Waals surface area contributed by atoms with Crippen molar-refractivity contribution in [3.05, 3.63) is 21.1 Å². The number of methoxy groups -OCH3 is 1. The standard InChI is InChI=1S/C12H14Br2N2O5/c1-21-10-5-8(6(13)4-7(10)14)16-12(20)15-3-2-9(17)11(18)19/h4-5,9,17H,2-3H2,1H3,(H,18,19)(H2,15,16,20)/t9-/m0/s1. The molecule has 0 bridgehead atoms. The Morgan fingerprint density at radius 3 is 2.57 bits per heavy atom. The third-order valence-electron chi connectivity index (χ3n) is 2.48. The van der Waals surface area contributed by atoms with Gasteiger partial charge >= 0.3 is 12.0 Å². The second-order valence-corrected chi connectivity index (χ2v) is 5.70. The molecule has 21 heavy (non-hydrogen) atoms. The number of nitrogens with one attached hydrogen (secondary N) is 2. The fraction of sp³-hybridized carbons (Fsp3) is 0.333. The number of aliphatic carboxylic acids is 1. The summed E-state index contributed by atoms with van der Waals surface area (Å²) < 4.78 is 6.50. The van der Waals surface area contributed by atoms with Crippen molar-refractivity contribution in [2.24, 2.45) is 0 Å². The monoisotopic (exact) mass is 424 g/mol. The minimum atomic E-state index is -1.50. The number of carboxylic acids is 1. The van der Waals surface area contributed by atoms with Gasteiger partial charge in [-0.3, -0.25) is 0 Å². The number of carboxylic acid groups (broad SMARTS) is 1. The molecule has 0 unspecified atom stereocenters. The van der Waals surface area contributed by atoms with Crippen molar-refractivity contribution in [2.45, 2.75) is 12.5 Å². The number of aliphatic hydroxyl groups is 1. The molecule has 1 rings (SSSR count). The van der Waals surface area contributed by atoms with Crippen LogP contribution in [-0.4, -0.2) is 42.0 Å². The van der Waals surface area contributed by atoms with E-state index in [9.17, 15) is 9.59 Å². The van der Waals surface area contributed by atoms with Gasteiger partial charge < -0.3 is 25.6 Å². The lowest BCUT2D eigenvalue weighted by Crippen LogP contribution is -2.33. The van der Waals surface area contributed by atoms with Gasteiger partial charge in [0.15, 0.2) is 6.10 Å². The highest BCUT2D eigenvalue weighted by Crippen LogP contribution is 2.34. The van der Waals surface area contributed by atoms with Crippen molar-refractivity contribution in [1.82, 2.24) is 5.32 Å². The lowest BCUT2D eigenvalue weighted by molar-refractivity contribution is -0.146. The second-order valence-electron chi connectivity index (χ2n) is 3.99. The van der Waals surface area contributed by atoms with Gasteiger partial charge in [-0.05, 0) is 37.9 Å². The third-order valence-corrected chi connectivity index (χ3v) is 3.75. The Balaban J connectivity index is 2.57. The fourth-order valence-corrected chi connectivity index (χ4v) is 2.65. The molecule has 116 valence electrons. The van der Waals surface area contributed by atoms with E-state index in [-0.39, 0.29) is 13.0 Å². The van der Waals surface area contributed by atoms with E-state index in [1.165, 1.54) is 7.11 Å². The highest BCUT2D eigenvalue weighted by Gasteiger charge is 2.14. The summed E-state index contributed by atoms with van der Waals surface area (Å²) in [5.74, 6) is -0.771. The molecule has 2 amide bonds. The van der Waals surface area contributed by atoms with Crippen molar-refractivity contribution in [2.75, 3.05) is 19.0 Å². The lowest BCUT2D eigenvalue weighted by atomic mass is 10.2. The van der Waals surface area contributed by atoms with Gasteiger partial charge in [0, 0.05) is 23.5 Å². The predicted octanol–water partition coefficient (Wildman–Crippen LogP) is 2.18. The lowest BCUT2D eigenvalue weighted by Gasteiger charge is -2.12. The van der Waals surface area contributed by atoms with E-state index < -0.39 is 18.1 Å². The van der Waals surface area contributed by atoms with Crippen LogP contribution >= 0.6 is 31.9 Å². The number of hydrogen-bond donors (Lipinski definition) is 4. The van der Waals surface area contributed by atoms with Gasteiger partial charge in [-0.2, -0.15) is 0 Å². The maximum atomic E-state index is 11.7. The van der Waals surface area contributed by atoms with Crippen LogP contribution in [-0.2, 0) is 4.79 Å². The largest absolute Gasteiger partial charge is 0.495 e. The number of amides is 2. The number of aliphatic hydroxyl groups excluding tert-OH is 1. The Morgan fingerprint density at radius 1 is 1.33 bits per heavy atom. The molecule has 0 saturated heterocycles. The topological polar surface area (TPSA) is 108 Å². The van der Waals surface area contributed by atoms with Crippen LogP contribution < -0.4 is 15.4 Å². The number of halogens is 2. The first kappa shape index (κ1) is 17.7. The van der Waals surface area contributed by atoms with Gasteiger partial charge in [0.05, 0.1) is 17.3 Å².